The molecule has 1 amide bonds. The highest BCUT2D eigenvalue weighted by Gasteiger charge is 2.29. The molecule has 0 aliphatic heterocycles. The minimum absolute atomic E-state index is 0.156. The normalized spacial score (nSPS) is 24.6. The number of rotatable bonds is 3. The second kappa shape index (κ2) is 4.16. The minimum atomic E-state index is 0.156. The summed E-state index contributed by atoms with van der Waals surface area (Å²) in [7, 11) is 0. The zero-order valence-electron chi connectivity index (χ0n) is 9.68. The quantitative estimate of drug-likeness (QED) is 0.737. The van der Waals surface area contributed by atoms with Gasteiger partial charge < -0.3 is 5.32 Å². The second-order valence-corrected chi connectivity index (χ2v) is 4.99. The molecule has 0 saturated carbocycles. The van der Waals surface area contributed by atoms with Crippen LogP contribution in [-0.2, 0) is 4.79 Å². The summed E-state index contributed by atoms with van der Waals surface area (Å²) < 4.78 is 0. The molecule has 0 aromatic carbocycles. The summed E-state index contributed by atoms with van der Waals surface area (Å²) in [4.78, 5) is 11.4. The molecule has 0 aromatic rings. The molecule has 2 nitrogen and oxygen atoms in total. The first-order valence-electron chi connectivity index (χ1n) is 5.47. The zero-order chi connectivity index (χ0) is 10.8. The molecule has 1 N–H and O–H groups in total. The number of carbonyl (C=O) groups is 1. The van der Waals surface area contributed by atoms with Gasteiger partial charge in [-0.15, -0.1) is 0 Å². The largest absolute Gasteiger partial charge is 0.330 e. The van der Waals surface area contributed by atoms with E-state index >= 15 is 0 Å². The van der Waals surface area contributed by atoms with Crippen molar-refractivity contribution >= 4 is 5.91 Å². The van der Waals surface area contributed by atoms with Gasteiger partial charge in [0, 0.05) is 12.1 Å². The van der Waals surface area contributed by atoms with Crippen molar-refractivity contribution in [1.82, 2.24) is 5.32 Å². The maximum absolute atomic E-state index is 11.4. The lowest BCUT2D eigenvalue weighted by Gasteiger charge is -2.14. The van der Waals surface area contributed by atoms with Crippen molar-refractivity contribution in [2.45, 2.75) is 47.0 Å². The highest BCUT2D eigenvalue weighted by atomic mass is 16.1. The summed E-state index contributed by atoms with van der Waals surface area (Å²) in [6.07, 6.45) is 4.88. The Hall–Kier alpha value is -0.790. The summed E-state index contributed by atoms with van der Waals surface area (Å²) in [6, 6.07) is 0. The standard InChI is InChI=1S/C12H21NO/c1-5-6-11(14)13-10-8-12(3,4)7-9(10)2/h8-9H,5-7H2,1-4H3,(H,13,14). The van der Waals surface area contributed by atoms with E-state index in [1.807, 2.05) is 6.92 Å². The van der Waals surface area contributed by atoms with Gasteiger partial charge in [-0.25, -0.2) is 0 Å². The molecule has 1 aliphatic rings. The lowest BCUT2D eigenvalue weighted by molar-refractivity contribution is -0.120. The molecule has 80 valence electrons. The molecular weight excluding hydrogens is 174 g/mol. The highest BCUT2D eigenvalue weighted by molar-refractivity contribution is 5.77. The highest BCUT2D eigenvalue weighted by Crippen LogP contribution is 2.37. The Labute approximate surface area is 86.8 Å². The molecule has 1 aliphatic carbocycles. The van der Waals surface area contributed by atoms with Crippen LogP contribution in [0.3, 0.4) is 0 Å². The monoisotopic (exact) mass is 195 g/mol. The summed E-state index contributed by atoms with van der Waals surface area (Å²) in [5, 5.41) is 3.01. The van der Waals surface area contributed by atoms with Gasteiger partial charge in [-0.2, -0.15) is 0 Å². The summed E-state index contributed by atoms with van der Waals surface area (Å²) >= 11 is 0. The molecule has 2 heteroatoms. The van der Waals surface area contributed by atoms with Gasteiger partial charge in [0.25, 0.3) is 0 Å². The molecule has 1 atom stereocenters. The molecule has 0 saturated heterocycles. The van der Waals surface area contributed by atoms with Crippen molar-refractivity contribution in [1.29, 1.82) is 0 Å². The van der Waals surface area contributed by atoms with Crippen molar-refractivity contribution in [2.24, 2.45) is 11.3 Å². The first-order valence-corrected chi connectivity index (χ1v) is 5.47. The molecular formula is C12H21NO. The molecule has 0 bridgehead atoms. The first-order chi connectivity index (χ1) is 6.44. The maximum atomic E-state index is 11.4. The van der Waals surface area contributed by atoms with Gasteiger partial charge in [0.1, 0.15) is 0 Å². The first kappa shape index (κ1) is 11.3. The van der Waals surface area contributed by atoms with E-state index in [1.165, 1.54) is 0 Å². The van der Waals surface area contributed by atoms with Gasteiger partial charge in [-0.3, -0.25) is 4.79 Å². The van der Waals surface area contributed by atoms with Crippen LogP contribution >= 0.6 is 0 Å². The number of nitrogens with one attached hydrogen (secondary N) is 1. The van der Waals surface area contributed by atoms with Crippen molar-refractivity contribution in [3.05, 3.63) is 11.8 Å². The third kappa shape index (κ3) is 2.86. The zero-order valence-corrected chi connectivity index (χ0v) is 9.68. The van der Waals surface area contributed by atoms with E-state index in [0.29, 0.717) is 12.3 Å². The SMILES string of the molecule is CCCC(=O)NC1=CC(C)(C)CC1C. The number of amides is 1. The number of allylic oxidation sites excluding steroid dienone is 2. The molecule has 0 heterocycles. The predicted octanol–water partition coefficient (Wildman–Crippen LogP) is 2.85. The predicted molar refractivity (Wildman–Crippen MR) is 58.7 cm³/mol. The van der Waals surface area contributed by atoms with Crippen molar-refractivity contribution < 1.29 is 4.79 Å². The number of carbonyl (C=O) groups excluding carboxylic acids is 1. The molecule has 0 radical (unpaired) electrons. The van der Waals surface area contributed by atoms with E-state index in [0.717, 1.165) is 18.5 Å². The Kier molecular flexibility index (Phi) is 3.35. The van der Waals surface area contributed by atoms with Gasteiger partial charge in [0.2, 0.25) is 5.91 Å². The lowest BCUT2D eigenvalue weighted by Crippen LogP contribution is -2.24. The van der Waals surface area contributed by atoms with Crippen molar-refractivity contribution in [3.63, 3.8) is 0 Å². The minimum Gasteiger partial charge on any atom is -0.330 e. The van der Waals surface area contributed by atoms with Crippen LogP contribution in [0, 0.1) is 11.3 Å². The fraction of sp³-hybridized carbons (Fsp3) is 0.750. The van der Waals surface area contributed by atoms with E-state index in [4.69, 9.17) is 0 Å². The van der Waals surface area contributed by atoms with Crippen LogP contribution in [0.4, 0.5) is 0 Å². The topological polar surface area (TPSA) is 29.1 Å². The Morgan fingerprint density at radius 3 is 2.71 bits per heavy atom. The number of hydrogen-bond acceptors (Lipinski definition) is 1. The number of hydrogen-bond donors (Lipinski definition) is 1. The maximum Gasteiger partial charge on any atom is 0.224 e. The van der Waals surface area contributed by atoms with Crippen LogP contribution in [0.5, 0.6) is 0 Å². The van der Waals surface area contributed by atoms with Crippen LogP contribution in [-0.4, -0.2) is 5.91 Å². The molecule has 0 aromatic heterocycles. The van der Waals surface area contributed by atoms with Gasteiger partial charge >= 0.3 is 0 Å². The Morgan fingerprint density at radius 1 is 1.64 bits per heavy atom. The Morgan fingerprint density at radius 2 is 2.29 bits per heavy atom. The third-order valence-corrected chi connectivity index (χ3v) is 2.67. The van der Waals surface area contributed by atoms with Crippen LogP contribution < -0.4 is 5.32 Å². The molecule has 1 unspecified atom stereocenters. The average molecular weight is 195 g/mol. The van der Waals surface area contributed by atoms with Gasteiger partial charge in [0.15, 0.2) is 0 Å². The smallest absolute Gasteiger partial charge is 0.224 e. The average Bonchev–Trinajstić information content (AvgIpc) is 2.25. The molecule has 0 spiro atoms. The Balaban J connectivity index is 2.57. The van der Waals surface area contributed by atoms with E-state index in [-0.39, 0.29) is 11.3 Å². The Bertz CT molecular complexity index is 253. The van der Waals surface area contributed by atoms with E-state index in [2.05, 4.69) is 32.2 Å². The summed E-state index contributed by atoms with van der Waals surface area (Å²) in [5.41, 5.74) is 1.36. The molecule has 0 fully saturated rings. The van der Waals surface area contributed by atoms with Crippen LogP contribution in [0.2, 0.25) is 0 Å². The van der Waals surface area contributed by atoms with Gasteiger partial charge in [-0.05, 0) is 24.2 Å². The fourth-order valence-electron chi connectivity index (χ4n) is 2.13. The van der Waals surface area contributed by atoms with Gasteiger partial charge in [0.05, 0.1) is 0 Å². The van der Waals surface area contributed by atoms with Gasteiger partial charge in [-0.1, -0.05) is 33.8 Å². The molecule has 14 heavy (non-hydrogen) atoms. The van der Waals surface area contributed by atoms with Crippen molar-refractivity contribution in [3.8, 4) is 0 Å². The van der Waals surface area contributed by atoms with Crippen LogP contribution in [0.15, 0.2) is 11.8 Å². The van der Waals surface area contributed by atoms with E-state index in [9.17, 15) is 4.79 Å². The second-order valence-electron chi connectivity index (χ2n) is 4.99. The molecule has 1 rings (SSSR count). The van der Waals surface area contributed by atoms with E-state index < -0.39 is 0 Å². The van der Waals surface area contributed by atoms with E-state index in [1.54, 1.807) is 0 Å². The van der Waals surface area contributed by atoms with Crippen molar-refractivity contribution in [2.75, 3.05) is 0 Å². The van der Waals surface area contributed by atoms with Crippen LogP contribution in [0.1, 0.15) is 47.0 Å². The fourth-order valence-corrected chi connectivity index (χ4v) is 2.13. The third-order valence-electron chi connectivity index (χ3n) is 2.67. The van der Waals surface area contributed by atoms with Crippen LogP contribution in [0.25, 0.3) is 0 Å². The summed E-state index contributed by atoms with van der Waals surface area (Å²) in [5.74, 6) is 0.647. The lowest BCUT2D eigenvalue weighted by atomic mass is 9.91. The summed E-state index contributed by atoms with van der Waals surface area (Å²) in [6.45, 7) is 8.62.